The Morgan fingerprint density at radius 3 is 2.15 bits per heavy atom. The quantitative estimate of drug-likeness (QED) is 0.774. The van der Waals surface area contributed by atoms with Crippen LogP contribution in [0.2, 0.25) is 0 Å². The Balaban J connectivity index is 2.74. The van der Waals surface area contributed by atoms with Crippen molar-refractivity contribution >= 4 is 0 Å². The molecule has 20 heavy (non-hydrogen) atoms. The third-order valence-electron chi connectivity index (χ3n) is 4.34. The summed E-state index contributed by atoms with van der Waals surface area (Å²) in [5, 5.41) is 3.73. The van der Waals surface area contributed by atoms with Crippen molar-refractivity contribution < 1.29 is 0 Å². The molecule has 1 aromatic carbocycles. The fourth-order valence-corrected chi connectivity index (χ4v) is 2.75. The smallest absolute Gasteiger partial charge is 0.0119 e. The number of hydrogen-bond donors (Lipinski definition) is 1. The van der Waals surface area contributed by atoms with Crippen molar-refractivity contribution in [3.05, 3.63) is 34.4 Å². The van der Waals surface area contributed by atoms with E-state index in [4.69, 9.17) is 0 Å². The standard InChI is InChI=1S/C19H33N/c1-8-11-20-18(19(5,6)7)10-9-17-13-15(3)14(2)12-16(17)4/h12-13,18,20H,8-11H2,1-7H3. The van der Waals surface area contributed by atoms with E-state index in [9.17, 15) is 0 Å². The van der Waals surface area contributed by atoms with Gasteiger partial charge in [-0.3, -0.25) is 0 Å². The van der Waals surface area contributed by atoms with Gasteiger partial charge in [0.15, 0.2) is 0 Å². The monoisotopic (exact) mass is 275 g/mol. The van der Waals surface area contributed by atoms with Crippen molar-refractivity contribution in [1.29, 1.82) is 0 Å². The van der Waals surface area contributed by atoms with Crippen LogP contribution in [0.3, 0.4) is 0 Å². The predicted molar refractivity (Wildman–Crippen MR) is 90.5 cm³/mol. The molecule has 0 fully saturated rings. The first-order valence-electron chi connectivity index (χ1n) is 8.05. The van der Waals surface area contributed by atoms with Gasteiger partial charge in [-0.05, 0) is 74.2 Å². The summed E-state index contributed by atoms with van der Waals surface area (Å²) in [5.74, 6) is 0. The van der Waals surface area contributed by atoms with E-state index in [0.29, 0.717) is 11.5 Å². The summed E-state index contributed by atoms with van der Waals surface area (Å²) < 4.78 is 0. The van der Waals surface area contributed by atoms with Crippen LogP contribution >= 0.6 is 0 Å². The minimum absolute atomic E-state index is 0.322. The Hall–Kier alpha value is -0.820. The molecule has 1 rings (SSSR count). The highest BCUT2D eigenvalue weighted by Gasteiger charge is 2.23. The predicted octanol–water partition coefficient (Wildman–Crippen LogP) is 4.96. The molecule has 0 saturated heterocycles. The molecule has 0 aromatic heterocycles. The van der Waals surface area contributed by atoms with Gasteiger partial charge in [0.05, 0.1) is 0 Å². The van der Waals surface area contributed by atoms with Crippen LogP contribution in [-0.4, -0.2) is 12.6 Å². The minimum atomic E-state index is 0.322. The summed E-state index contributed by atoms with van der Waals surface area (Å²) in [7, 11) is 0. The number of rotatable bonds is 6. The molecule has 1 atom stereocenters. The van der Waals surface area contributed by atoms with E-state index in [1.54, 1.807) is 0 Å². The molecule has 1 nitrogen and oxygen atoms in total. The van der Waals surface area contributed by atoms with Crippen LogP contribution < -0.4 is 5.32 Å². The van der Waals surface area contributed by atoms with Gasteiger partial charge >= 0.3 is 0 Å². The summed E-state index contributed by atoms with van der Waals surface area (Å²) in [6.45, 7) is 17.0. The second kappa shape index (κ2) is 7.26. The molecule has 0 aliphatic carbocycles. The highest BCUT2D eigenvalue weighted by Crippen LogP contribution is 2.25. The SMILES string of the molecule is CCCNC(CCc1cc(C)c(C)cc1C)C(C)(C)C. The van der Waals surface area contributed by atoms with Crippen LogP contribution in [0, 0.1) is 26.2 Å². The van der Waals surface area contributed by atoms with E-state index in [1.807, 2.05) is 0 Å². The Morgan fingerprint density at radius 1 is 1.00 bits per heavy atom. The second-order valence-electron chi connectivity index (χ2n) is 7.27. The van der Waals surface area contributed by atoms with Crippen LogP contribution in [0.1, 0.15) is 62.8 Å². The number of aryl methyl sites for hydroxylation is 4. The summed E-state index contributed by atoms with van der Waals surface area (Å²) in [6, 6.07) is 5.30. The van der Waals surface area contributed by atoms with Crippen LogP contribution in [0.25, 0.3) is 0 Å². The molecule has 1 heteroatoms. The molecule has 0 aliphatic rings. The molecule has 1 aromatic rings. The summed E-state index contributed by atoms with van der Waals surface area (Å²) in [5.41, 5.74) is 6.10. The Morgan fingerprint density at radius 2 is 1.60 bits per heavy atom. The van der Waals surface area contributed by atoms with E-state index in [2.05, 4.69) is 65.9 Å². The van der Waals surface area contributed by atoms with Crippen LogP contribution in [-0.2, 0) is 6.42 Å². The van der Waals surface area contributed by atoms with Gasteiger partial charge in [0.2, 0.25) is 0 Å². The van der Waals surface area contributed by atoms with Gasteiger partial charge in [0.1, 0.15) is 0 Å². The highest BCUT2D eigenvalue weighted by atomic mass is 14.9. The van der Waals surface area contributed by atoms with Crippen molar-refractivity contribution in [1.82, 2.24) is 5.32 Å². The van der Waals surface area contributed by atoms with Crippen molar-refractivity contribution in [2.75, 3.05) is 6.54 Å². The average molecular weight is 275 g/mol. The summed E-state index contributed by atoms with van der Waals surface area (Å²) in [6.07, 6.45) is 3.59. The molecule has 0 spiro atoms. The first-order valence-corrected chi connectivity index (χ1v) is 8.05. The van der Waals surface area contributed by atoms with Gasteiger partial charge in [-0.1, -0.05) is 39.8 Å². The molecule has 0 aliphatic heterocycles. The zero-order valence-electron chi connectivity index (χ0n) is 14.6. The number of benzene rings is 1. The molecular formula is C19H33N. The van der Waals surface area contributed by atoms with Gasteiger partial charge in [-0.25, -0.2) is 0 Å². The largest absolute Gasteiger partial charge is 0.313 e. The summed E-state index contributed by atoms with van der Waals surface area (Å²) in [4.78, 5) is 0. The lowest BCUT2D eigenvalue weighted by Gasteiger charge is -2.32. The first-order chi connectivity index (χ1) is 9.25. The van der Waals surface area contributed by atoms with Crippen LogP contribution in [0.4, 0.5) is 0 Å². The second-order valence-corrected chi connectivity index (χ2v) is 7.27. The first kappa shape index (κ1) is 17.2. The molecule has 1 N–H and O–H groups in total. The fraction of sp³-hybridized carbons (Fsp3) is 0.684. The van der Waals surface area contributed by atoms with Crippen LogP contribution in [0.15, 0.2) is 12.1 Å². The van der Waals surface area contributed by atoms with Gasteiger partial charge < -0.3 is 5.32 Å². The fourth-order valence-electron chi connectivity index (χ4n) is 2.75. The molecule has 114 valence electrons. The average Bonchev–Trinajstić information content (AvgIpc) is 2.33. The molecule has 0 saturated carbocycles. The topological polar surface area (TPSA) is 12.0 Å². The molecule has 1 unspecified atom stereocenters. The van der Waals surface area contributed by atoms with E-state index < -0.39 is 0 Å². The molecule has 0 amide bonds. The van der Waals surface area contributed by atoms with E-state index >= 15 is 0 Å². The third-order valence-corrected chi connectivity index (χ3v) is 4.34. The zero-order valence-corrected chi connectivity index (χ0v) is 14.6. The minimum Gasteiger partial charge on any atom is -0.313 e. The van der Waals surface area contributed by atoms with Crippen molar-refractivity contribution in [3.63, 3.8) is 0 Å². The molecule has 0 heterocycles. The lowest BCUT2D eigenvalue weighted by molar-refractivity contribution is 0.255. The van der Waals surface area contributed by atoms with Gasteiger partial charge in [-0.15, -0.1) is 0 Å². The lowest BCUT2D eigenvalue weighted by atomic mass is 9.82. The number of hydrogen-bond acceptors (Lipinski definition) is 1. The van der Waals surface area contributed by atoms with E-state index in [-0.39, 0.29) is 0 Å². The van der Waals surface area contributed by atoms with Gasteiger partial charge in [0.25, 0.3) is 0 Å². The Labute approximate surface area is 126 Å². The lowest BCUT2D eigenvalue weighted by Crippen LogP contribution is -2.41. The van der Waals surface area contributed by atoms with Gasteiger partial charge in [-0.2, -0.15) is 0 Å². The highest BCUT2D eigenvalue weighted by molar-refractivity contribution is 5.36. The number of nitrogens with one attached hydrogen (secondary N) is 1. The van der Waals surface area contributed by atoms with Crippen molar-refractivity contribution in [3.8, 4) is 0 Å². The van der Waals surface area contributed by atoms with Crippen molar-refractivity contribution in [2.45, 2.75) is 73.8 Å². The maximum Gasteiger partial charge on any atom is 0.0119 e. The normalized spacial score (nSPS) is 13.6. The third kappa shape index (κ3) is 4.94. The zero-order chi connectivity index (χ0) is 15.3. The Bertz CT molecular complexity index is 426. The van der Waals surface area contributed by atoms with Crippen LogP contribution in [0.5, 0.6) is 0 Å². The maximum absolute atomic E-state index is 3.73. The van der Waals surface area contributed by atoms with E-state index in [0.717, 1.165) is 6.54 Å². The van der Waals surface area contributed by atoms with E-state index in [1.165, 1.54) is 41.5 Å². The maximum atomic E-state index is 3.73. The molecule has 0 radical (unpaired) electrons. The molecular weight excluding hydrogens is 242 g/mol. The summed E-state index contributed by atoms with van der Waals surface area (Å²) >= 11 is 0. The van der Waals surface area contributed by atoms with Gasteiger partial charge in [0, 0.05) is 6.04 Å². The Kier molecular flexibility index (Phi) is 6.26. The van der Waals surface area contributed by atoms with Crippen molar-refractivity contribution in [2.24, 2.45) is 5.41 Å². The molecule has 0 bridgehead atoms.